The van der Waals surface area contributed by atoms with Crippen LogP contribution in [-0.4, -0.2) is 11.4 Å². The zero-order valence-electron chi connectivity index (χ0n) is 9.49. The molecule has 0 radical (unpaired) electrons. The first-order valence-electron chi connectivity index (χ1n) is 5.68. The van der Waals surface area contributed by atoms with E-state index in [4.69, 9.17) is 4.74 Å². The molecule has 0 saturated carbocycles. The zero-order chi connectivity index (χ0) is 11.3. The largest absolute Gasteiger partial charge is 0.357 e. The van der Waals surface area contributed by atoms with Crippen molar-refractivity contribution in [3.05, 3.63) is 41.0 Å². The summed E-state index contributed by atoms with van der Waals surface area (Å²) < 4.78 is 5.65. The van der Waals surface area contributed by atoms with Gasteiger partial charge < -0.3 is 4.74 Å². The Bertz CT molecular complexity index is 501. The minimum atomic E-state index is -0.0940. The van der Waals surface area contributed by atoms with Crippen LogP contribution in [0.1, 0.15) is 47.9 Å². The quantitative estimate of drug-likeness (QED) is 0.559. The Morgan fingerprint density at radius 2 is 2.31 bits per heavy atom. The Labute approximate surface area is 94.9 Å². The summed E-state index contributed by atoms with van der Waals surface area (Å²) in [5.74, 6) is 0.196. The van der Waals surface area contributed by atoms with Crippen molar-refractivity contribution in [3.8, 4) is 0 Å². The molecule has 1 aromatic rings. The monoisotopic (exact) mass is 214 g/mol. The molecule has 2 heteroatoms. The molecule has 2 nitrogen and oxygen atoms in total. The van der Waals surface area contributed by atoms with Crippen LogP contribution in [-0.2, 0) is 4.74 Å². The van der Waals surface area contributed by atoms with Gasteiger partial charge in [-0.05, 0) is 30.2 Å². The average Bonchev–Trinajstić information content (AvgIpc) is 3.00. The van der Waals surface area contributed by atoms with Gasteiger partial charge in [0.25, 0.3) is 0 Å². The SMILES string of the molecule is CCC(=O)c1ccc2c(c1)C=CC1(C)OC21. The summed E-state index contributed by atoms with van der Waals surface area (Å²) in [4.78, 5) is 11.6. The first kappa shape index (κ1) is 9.79. The van der Waals surface area contributed by atoms with Crippen LogP contribution in [0.3, 0.4) is 0 Å². The summed E-state index contributed by atoms with van der Waals surface area (Å²) in [6, 6.07) is 5.91. The highest BCUT2D eigenvalue weighted by molar-refractivity contribution is 5.96. The smallest absolute Gasteiger partial charge is 0.162 e. The minimum Gasteiger partial charge on any atom is -0.357 e. The van der Waals surface area contributed by atoms with Crippen LogP contribution >= 0.6 is 0 Å². The van der Waals surface area contributed by atoms with Crippen LogP contribution in [0.2, 0.25) is 0 Å². The lowest BCUT2D eigenvalue weighted by atomic mass is 9.89. The van der Waals surface area contributed by atoms with E-state index in [0.717, 1.165) is 11.1 Å². The molecule has 2 atom stereocenters. The van der Waals surface area contributed by atoms with E-state index < -0.39 is 0 Å². The third-order valence-corrected chi connectivity index (χ3v) is 3.44. The summed E-state index contributed by atoms with van der Waals surface area (Å²) in [6.45, 7) is 3.97. The molecule has 16 heavy (non-hydrogen) atoms. The van der Waals surface area contributed by atoms with Crippen molar-refractivity contribution in [1.82, 2.24) is 0 Å². The number of epoxide rings is 1. The lowest BCUT2D eigenvalue weighted by molar-refractivity contribution is 0.0988. The van der Waals surface area contributed by atoms with E-state index in [2.05, 4.69) is 19.1 Å². The molecule has 2 unspecified atom stereocenters. The Morgan fingerprint density at radius 3 is 3.06 bits per heavy atom. The van der Waals surface area contributed by atoms with E-state index in [1.807, 2.05) is 25.1 Å². The van der Waals surface area contributed by atoms with Gasteiger partial charge in [0.2, 0.25) is 0 Å². The summed E-state index contributed by atoms with van der Waals surface area (Å²) in [6.07, 6.45) is 4.89. The topological polar surface area (TPSA) is 29.6 Å². The fraction of sp³-hybridized carbons (Fsp3) is 0.357. The maximum atomic E-state index is 11.6. The molecule has 0 aromatic heterocycles. The Hall–Kier alpha value is -1.41. The summed E-state index contributed by atoms with van der Waals surface area (Å²) in [7, 11) is 0. The summed E-state index contributed by atoms with van der Waals surface area (Å²) in [5.41, 5.74) is 3.04. The van der Waals surface area contributed by atoms with Crippen molar-refractivity contribution in [3.63, 3.8) is 0 Å². The molecular weight excluding hydrogens is 200 g/mol. The number of hydrogen-bond donors (Lipinski definition) is 0. The van der Waals surface area contributed by atoms with Crippen molar-refractivity contribution in [2.45, 2.75) is 32.0 Å². The Morgan fingerprint density at radius 1 is 1.50 bits per heavy atom. The highest BCUT2D eigenvalue weighted by Gasteiger charge is 2.53. The normalized spacial score (nSPS) is 29.5. The predicted octanol–water partition coefficient (Wildman–Crippen LogP) is 3.14. The molecule has 1 saturated heterocycles. The number of ketones is 1. The number of fused-ring (bicyclic) bond motifs is 3. The number of ether oxygens (including phenoxy) is 1. The van der Waals surface area contributed by atoms with Crippen molar-refractivity contribution in [1.29, 1.82) is 0 Å². The standard InChI is InChI=1S/C14H14O2/c1-3-12(15)10-4-5-11-9(8-10)6-7-14(2)13(11)16-14/h4-8,13H,3H2,1-2H3. The van der Waals surface area contributed by atoms with E-state index >= 15 is 0 Å². The first-order chi connectivity index (χ1) is 7.64. The maximum absolute atomic E-state index is 11.6. The van der Waals surface area contributed by atoms with Crippen molar-refractivity contribution in [2.75, 3.05) is 0 Å². The van der Waals surface area contributed by atoms with Crippen LogP contribution in [0.15, 0.2) is 24.3 Å². The lowest BCUT2D eigenvalue weighted by Gasteiger charge is -2.11. The third-order valence-electron chi connectivity index (χ3n) is 3.44. The van der Waals surface area contributed by atoms with Crippen LogP contribution < -0.4 is 0 Å². The van der Waals surface area contributed by atoms with Crippen molar-refractivity contribution < 1.29 is 9.53 Å². The molecule has 1 aliphatic heterocycles. The second kappa shape index (κ2) is 3.05. The van der Waals surface area contributed by atoms with Crippen LogP contribution in [0.5, 0.6) is 0 Å². The van der Waals surface area contributed by atoms with Crippen LogP contribution in [0, 0.1) is 0 Å². The number of carbonyl (C=O) groups excluding carboxylic acids is 1. The summed E-state index contributed by atoms with van der Waals surface area (Å²) in [5, 5.41) is 0. The van der Waals surface area contributed by atoms with Gasteiger partial charge in [0.05, 0.1) is 0 Å². The molecule has 0 N–H and O–H groups in total. The lowest BCUT2D eigenvalue weighted by Crippen LogP contribution is -2.07. The van der Waals surface area contributed by atoms with Crippen molar-refractivity contribution >= 4 is 11.9 Å². The second-order valence-electron chi connectivity index (χ2n) is 4.64. The average molecular weight is 214 g/mol. The molecule has 82 valence electrons. The Balaban J connectivity index is 2.04. The van der Waals surface area contributed by atoms with Gasteiger partial charge in [0.15, 0.2) is 5.78 Å². The molecule has 1 heterocycles. The predicted molar refractivity (Wildman–Crippen MR) is 62.3 cm³/mol. The first-order valence-corrected chi connectivity index (χ1v) is 5.68. The van der Waals surface area contributed by atoms with Crippen LogP contribution in [0.25, 0.3) is 6.08 Å². The van der Waals surface area contributed by atoms with E-state index in [9.17, 15) is 4.79 Å². The molecule has 0 spiro atoms. The van der Waals surface area contributed by atoms with Crippen LogP contribution in [0.4, 0.5) is 0 Å². The van der Waals surface area contributed by atoms with Gasteiger partial charge in [0.1, 0.15) is 11.7 Å². The Kier molecular flexibility index (Phi) is 1.86. The fourth-order valence-corrected chi connectivity index (χ4v) is 2.31. The molecule has 1 aliphatic carbocycles. The van der Waals surface area contributed by atoms with Gasteiger partial charge in [-0.15, -0.1) is 0 Å². The molecule has 1 aromatic carbocycles. The highest BCUT2D eigenvalue weighted by atomic mass is 16.6. The zero-order valence-corrected chi connectivity index (χ0v) is 9.49. The number of carbonyl (C=O) groups is 1. The van der Waals surface area contributed by atoms with Gasteiger partial charge in [-0.2, -0.15) is 0 Å². The number of rotatable bonds is 2. The summed E-state index contributed by atoms with van der Waals surface area (Å²) >= 11 is 0. The van der Waals surface area contributed by atoms with Gasteiger partial charge in [-0.1, -0.05) is 25.1 Å². The van der Waals surface area contributed by atoms with E-state index in [0.29, 0.717) is 6.42 Å². The molecule has 2 aliphatic rings. The van der Waals surface area contributed by atoms with E-state index in [-0.39, 0.29) is 17.5 Å². The molecule has 0 bridgehead atoms. The fourth-order valence-electron chi connectivity index (χ4n) is 2.31. The number of benzene rings is 1. The maximum Gasteiger partial charge on any atom is 0.162 e. The third kappa shape index (κ3) is 1.26. The number of Topliss-reactive ketones (excluding diaryl/α,β-unsaturated/α-hetero) is 1. The van der Waals surface area contributed by atoms with E-state index in [1.165, 1.54) is 5.56 Å². The van der Waals surface area contributed by atoms with Gasteiger partial charge in [-0.3, -0.25) is 4.79 Å². The molecule has 1 fully saturated rings. The van der Waals surface area contributed by atoms with Gasteiger partial charge >= 0.3 is 0 Å². The second-order valence-corrected chi connectivity index (χ2v) is 4.64. The van der Waals surface area contributed by atoms with Gasteiger partial charge in [-0.25, -0.2) is 0 Å². The van der Waals surface area contributed by atoms with E-state index in [1.54, 1.807) is 0 Å². The highest BCUT2D eigenvalue weighted by Crippen LogP contribution is 2.54. The molecule has 0 amide bonds. The minimum absolute atomic E-state index is 0.0940. The molecule has 3 rings (SSSR count). The molecular formula is C14H14O2. The van der Waals surface area contributed by atoms with Gasteiger partial charge in [0, 0.05) is 12.0 Å². The number of hydrogen-bond acceptors (Lipinski definition) is 2. The van der Waals surface area contributed by atoms with Crippen molar-refractivity contribution in [2.24, 2.45) is 0 Å².